The first-order valence-electron chi connectivity index (χ1n) is 9.99. The summed E-state index contributed by atoms with van der Waals surface area (Å²) in [5.41, 5.74) is 2.21. The van der Waals surface area contributed by atoms with Crippen molar-refractivity contribution in [3.8, 4) is 34.4 Å². The normalized spacial score (nSPS) is 11.2. The van der Waals surface area contributed by atoms with Crippen LogP contribution in [0.5, 0.6) is 11.8 Å². The molecular formula is C24H20N2O6S. The molecule has 1 aromatic heterocycles. The van der Waals surface area contributed by atoms with Gasteiger partial charge >= 0.3 is 12.0 Å². The number of sulfonamides is 1. The van der Waals surface area contributed by atoms with E-state index in [0.717, 1.165) is 5.56 Å². The number of benzene rings is 3. The fourth-order valence-electron chi connectivity index (χ4n) is 3.13. The Morgan fingerprint density at radius 1 is 0.970 bits per heavy atom. The van der Waals surface area contributed by atoms with Crippen LogP contribution >= 0.6 is 0 Å². The van der Waals surface area contributed by atoms with Crippen molar-refractivity contribution in [2.75, 3.05) is 6.61 Å². The molecule has 168 valence electrons. The Labute approximate surface area is 190 Å². The Bertz CT molecular complexity index is 1380. The third-order valence-electron chi connectivity index (χ3n) is 4.65. The molecule has 0 aliphatic rings. The number of primary sulfonamides is 1. The molecule has 0 unspecified atom stereocenters. The van der Waals surface area contributed by atoms with Crippen molar-refractivity contribution in [1.82, 2.24) is 4.98 Å². The predicted molar refractivity (Wildman–Crippen MR) is 121 cm³/mol. The highest BCUT2D eigenvalue weighted by Crippen LogP contribution is 2.37. The number of carbonyl (C=O) groups excluding carboxylic acids is 1. The lowest BCUT2D eigenvalue weighted by Gasteiger charge is -2.04. The average molecular weight is 464 g/mol. The van der Waals surface area contributed by atoms with Crippen LogP contribution in [0.15, 0.2) is 88.2 Å². The molecule has 0 atom stereocenters. The lowest BCUT2D eigenvalue weighted by Crippen LogP contribution is -2.11. The molecule has 0 spiro atoms. The maximum absolute atomic E-state index is 12.0. The number of rotatable bonds is 7. The van der Waals surface area contributed by atoms with Gasteiger partial charge in [0.05, 0.1) is 17.1 Å². The molecule has 4 rings (SSSR count). The first kappa shape index (κ1) is 22.3. The Morgan fingerprint density at radius 3 is 2.36 bits per heavy atom. The van der Waals surface area contributed by atoms with Crippen LogP contribution in [-0.2, 0) is 14.8 Å². The van der Waals surface area contributed by atoms with Crippen LogP contribution in [0.1, 0.15) is 17.3 Å². The van der Waals surface area contributed by atoms with E-state index in [9.17, 15) is 13.2 Å². The largest absolute Gasteiger partial charge is 0.462 e. The molecule has 0 radical (unpaired) electrons. The minimum Gasteiger partial charge on any atom is -0.462 e. The second-order valence-corrected chi connectivity index (χ2v) is 8.50. The Balaban J connectivity index is 1.72. The van der Waals surface area contributed by atoms with Crippen molar-refractivity contribution in [3.05, 3.63) is 84.4 Å². The summed E-state index contributed by atoms with van der Waals surface area (Å²) in [5.74, 6) is 0.271. The highest BCUT2D eigenvalue weighted by Gasteiger charge is 2.20. The van der Waals surface area contributed by atoms with Gasteiger partial charge in [0.2, 0.25) is 10.0 Å². The van der Waals surface area contributed by atoms with E-state index in [1.807, 2.05) is 30.3 Å². The van der Waals surface area contributed by atoms with Crippen molar-refractivity contribution in [3.63, 3.8) is 0 Å². The molecule has 0 fully saturated rings. The Hall–Kier alpha value is -3.95. The number of nitrogens with zero attached hydrogens (tertiary/aromatic N) is 1. The molecule has 4 aromatic rings. The molecule has 8 nitrogen and oxygen atoms in total. The van der Waals surface area contributed by atoms with E-state index in [4.69, 9.17) is 19.0 Å². The van der Waals surface area contributed by atoms with Gasteiger partial charge in [0.15, 0.2) is 5.76 Å². The zero-order chi connectivity index (χ0) is 23.4. The van der Waals surface area contributed by atoms with E-state index in [2.05, 4.69) is 4.98 Å². The van der Waals surface area contributed by atoms with E-state index in [1.54, 1.807) is 37.3 Å². The van der Waals surface area contributed by atoms with Gasteiger partial charge in [-0.2, -0.15) is 4.98 Å². The summed E-state index contributed by atoms with van der Waals surface area (Å²) in [6.45, 7) is 1.99. The minimum absolute atomic E-state index is 0.0146. The molecule has 9 heteroatoms. The van der Waals surface area contributed by atoms with Crippen LogP contribution < -0.4 is 9.88 Å². The molecule has 33 heavy (non-hydrogen) atoms. The first-order valence-corrected chi connectivity index (χ1v) is 11.5. The van der Waals surface area contributed by atoms with Crippen molar-refractivity contribution < 1.29 is 27.1 Å². The number of oxazole rings is 1. The summed E-state index contributed by atoms with van der Waals surface area (Å²) in [6, 6.07) is 21.8. The highest BCUT2D eigenvalue weighted by atomic mass is 32.2. The number of carbonyl (C=O) groups is 1. The quantitative estimate of drug-likeness (QED) is 0.396. The van der Waals surface area contributed by atoms with Gasteiger partial charge in [-0.05, 0) is 49.4 Å². The van der Waals surface area contributed by atoms with Crippen LogP contribution in [0, 0.1) is 0 Å². The van der Waals surface area contributed by atoms with Gasteiger partial charge in [0.1, 0.15) is 11.4 Å². The number of nitrogens with two attached hydrogens (primary N) is 1. The summed E-state index contributed by atoms with van der Waals surface area (Å²) < 4.78 is 39.9. The third-order valence-corrected chi connectivity index (χ3v) is 5.58. The SMILES string of the molecule is CCOC(=O)c1cccc(Oc2nc(-c3ccccc3)c(-c3ccc(S(N)(=O)=O)cc3)o2)c1. The predicted octanol–water partition coefficient (Wildman–Crippen LogP) is 4.63. The lowest BCUT2D eigenvalue weighted by atomic mass is 10.1. The van der Waals surface area contributed by atoms with Gasteiger partial charge in [-0.1, -0.05) is 36.4 Å². The summed E-state index contributed by atoms with van der Waals surface area (Å²) in [7, 11) is -3.82. The van der Waals surface area contributed by atoms with Gasteiger partial charge < -0.3 is 13.9 Å². The van der Waals surface area contributed by atoms with Crippen LogP contribution in [0.25, 0.3) is 22.6 Å². The van der Waals surface area contributed by atoms with Crippen molar-refractivity contribution in [2.24, 2.45) is 5.14 Å². The molecule has 0 amide bonds. The second kappa shape index (κ2) is 9.27. The van der Waals surface area contributed by atoms with Crippen molar-refractivity contribution in [2.45, 2.75) is 11.8 Å². The van der Waals surface area contributed by atoms with Gasteiger partial charge in [0.25, 0.3) is 0 Å². The molecular weight excluding hydrogens is 444 g/mol. The molecule has 1 heterocycles. The number of ether oxygens (including phenoxy) is 2. The number of aromatic nitrogens is 1. The zero-order valence-electron chi connectivity index (χ0n) is 17.6. The topological polar surface area (TPSA) is 122 Å². The Kier molecular flexibility index (Phi) is 6.25. The molecule has 2 N–H and O–H groups in total. The summed E-state index contributed by atoms with van der Waals surface area (Å²) >= 11 is 0. The lowest BCUT2D eigenvalue weighted by molar-refractivity contribution is 0.0526. The van der Waals surface area contributed by atoms with Crippen LogP contribution in [-0.4, -0.2) is 26.0 Å². The maximum atomic E-state index is 12.0. The van der Waals surface area contributed by atoms with Gasteiger partial charge in [-0.15, -0.1) is 0 Å². The monoisotopic (exact) mass is 464 g/mol. The standard InChI is InChI=1S/C24H20N2O6S/c1-2-30-23(27)18-9-6-10-19(15-18)31-24-26-21(16-7-4-3-5-8-16)22(32-24)17-11-13-20(14-12-17)33(25,28)29/h3-15H,2H2,1H3,(H2,25,28,29). The van der Waals surface area contributed by atoms with Crippen molar-refractivity contribution in [1.29, 1.82) is 0 Å². The fraction of sp³-hybridized carbons (Fsp3) is 0.0833. The zero-order valence-corrected chi connectivity index (χ0v) is 18.4. The summed E-state index contributed by atoms with van der Waals surface area (Å²) in [5, 5.41) is 5.19. The fourth-order valence-corrected chi connectivity index (χ4v) is 3.64. The summed E-state index contributed by atoms with van der Waals surface area (Å²) in [4.78, 5) is 16.5. The number of hydrogen-bond donors (Lipinski definition) is 1. The van der Waals surface area contributed by atoms with Crippen LogP contribution in [0.4, 0.5) is 0 Å². The van der Waals surface area contributed by atoms with E-state index in [-0.39, 0.29) is 17.6 Å². The molecule has 0 saturated carbocycles. The highest BCUT2D eigenvalue weighted by molar-refractivity contribution is 7.89. The second-order valence-electron chi connectivity index (χ2n) is 6.94. The molecule has 3 aromatic carbocycles. The molecule has 0 bridgehead atoms. The number of esters is 1. The van der Waals surface area contributed by atoms with Crippen LogP contribution in [0.3, 0.4) is 0 Å². The number of hydrogen-bond acceptors (Lipinski definition) is 7. The van der Waals surface area contributed by atoms with E-state index >= 15 is 0 Å². The Morgan fingerprint density at radius 2 is 1.70 bits per heavy atom. The van der Waals surface area contributed by atoms with Crippen molar-refractivity contribution >= 4 is 16.0 Å². The first-order chi connectivity index (χ1) is 15.8. The van der Waals surface area contributed by atoms with Gasteiger partial charge in [-0.25, -0.2) is 18.4 Å². The van der Waals surface area contributed by atoms with E-state index < -0.39 is 16.0 Å². The smallest absolute Gasteiger partial charge is 0.400 e. The van der Waals surface area contributed by atoms with Gasteiger partial charge in [-0.3, -0.25) is 0 Å². The van der Waals surface area contributed by atoms with Crippen LogP contribution in [0.2, 0.25) is 0 Å². The minimum atomic E-state index is -3.82. The molecule has 0 aliphatic carbocycles. The average Bonchev–Trinajstić information content (AvgIpc) is 3.23. The molecule has 0 aliphatic heterocycles. The maximum Gasteiger partial charge on any atom is 0.400 e. The van der Waals surface area contributed by atoms with E-state index in [1.165, 1.54) is 18.2 Å². The molecule has 0 saturated heterocycles. The summed E-state index contributed by atoms with van der Waals surface area (Å²) in [6.07, 6.45) is -0.0413. The third kappa shape index (κ3) is 5.11. The van der Waals surface area contributed by atoms with Gasteiger partial charge in [0, 0.05) is 11.1 Å². The van der Waals surface area contributed by atoms with E-state index in [0.29, 0.717) is 28.3 Å².